The zero-order valence-corrected chi connectivity index (χ0v) is 19.6. The van der Waals surface area contributed by atoms with Crippen LogP contribution in [0.25, 0.3) is 0 Å². The molecule has 3 rings (SSSR count). The Morgan fingerprint density at radius 1 is 1.14 bits per heavy atom. The normalized spacial score (nSPS) is 26.5. The summed E-state index contributed by atoms with van der Waals surface area (Å²) in [7, 11) is 2.17. The number of benzene rings is 1. The molecule has 110 valence electrons. The second-order valence-electron chi connectivity index (χ2n) is 5.82. The Labute approximate surface area is 186 Å². The van der Waals surface area contributed by atoms with Gasteiger partial charge in [0.25, 0.3) is 0 Å². The molecule has 1 aromatic rings. The van der Waals surface area contributed by atoms with Gasteiger partial charge in [-0.3, -0.25) is 0 Å². The maximum absolute atomic E-state index is 5.82. The van der Waals surface area contributed by atoms with Crippen LogP contribution in [0.3, 0.4) is 0 Å². The third-order valence-electron chi connectivity index (χ3n) is 4.00. The van der Waals surface area contributed by atoms with Gasteiger partial charge >= 0.3 is 68.9 Å². The summed E-state index contributed by atoms with van der Waals surface area (Å²) in [6, 6.07) is 8.37. The minimum atomic E-state index is -0.125. The molecule has 21 heavy (non-hydrogen) atoms. The third-order valence-corrected chi connectivity index (χ3v) is 4.00. The molecule has 1 unspecified atom stereocenters. The van der Waals surface area contributed by atoms with Crippen molar-refractivity contribution in [2.24, 2.45) is 5.92 Å². The molecule has 0 N–H and O–H groups in total. The van der Waals surface area contributed by atoms with E-state index in [-0.39, 0.29) is 75.2 Å². The summed E-state index contributed by atoms with van der Waals surface area (Å²) in [5.41, 5.74) is 1.28. The fraction of sp³-hybridized carbons (Fsp3) is 0.562. The van der Waals surface area contributed by atoms with E-state index in [2.05, 4.69) is 35.9 Å². The first-order valence-corrected chi connectivity index (χ1v) is 7.40. The first-order valence-electron chi connectivity index (χ1n) is 7.40. The van der Waals surface area contributed by atoms with Crippen molar-refractivity contribution in [3.63, 3.8) is 0 Å². The second-order valence-corrected chi connectivity index (χ2v) is 5.82. The topological polar surface area (TPSA) is 24.9 Å². The maximum Gasteiger partial charge on any atom is 1.00 e. The fourth-order valence-electron chi connectivity index (χ4n) is 2.66. The molecule has 0 radical (unpaired) electrons. The van der Waals surface area contributed by atoms with E-state index in [0.29, 0.717) is 5.92 Å². The third kappa shape index (κ3) is 5.14. The van der Waals surface area contributed by atoms with Crippen LogP contribution in [0.1, 0.15) is 13.3 Å². The molecular weight excluding hydrogens is 385 g/mol. The summed E-state index contributed by atoms with van der Waals surface area (Å²) in [5, 5.41) is 0. The molecule has 0 amide bonds. The molecule has 0 aliphatic carbocycles. The Balaban J connectivity index is 0.00000161. The number of hydrogen-bond donors (Lipinski definition) is 0. The first-order chi connectivity index (χ1) is 9.70. The molecule has 0 spiro atoms. The minimum absolute atomic E-state index is 0. The van der Waals surface area contributed by atoms with Gasteiger partial charge in [0, 0.05) is 31.9 Å². The van der Waals surface area contributed by atoms with Gasteiger partial charge in [-0.2, -0.15) is 0 Å². The number of likely N-dealkylation sites (N-methyl/N-ethyl adjacent to an activating group) is 1. The van der Waals surface area contributed by atoms with Gasteiger partial charge in [0.2, 0.25) is 0 Å². The van der Waals surface area contributed by atoms with Gasteiger partial charge in [-0.1, -0.05) is 6.92 Å². The summed E-state index contributed by atoms with van der Waals surface area (Å²) < 4.78 is 11.3. The van der Waals surface area contributed by atoms with E-state index in [0.717, 1.165) is 38.3 Å². The van der Waals surface area contributed by atoms with Crippen molar-refractivity contribution < 1.29 is 78.4 Å². The minimum Gasteiger partial charge on any atom is -0.520 e. The molecule has 0 bridgehead atoms. The maximum atomic E-state index is 5.82. The number of nitrogens with zero attached hydrogens (tertiary/aromatic N) is 2. The van der Waals surface area contributed by atoms with Crippen LogP contribution < -0.4 is 78.5 Å². The van der Waals surface area contributed by atoms with Gasteiger partial charge in [0.1, 0.15) is 5.75 Å². The van der Waals surface area contributed by atoms with Crippen molar-refractivity contribution in [3.8, 4) is 5.75 Å². The van der Waals surface area contributed by atoms with Gasteiger partial charge in [-0.05, 0) is 37.7 Å². The molecule has 2 aliphatic rings. The van der Waals surface area contributed by atoms with Crippen LogP contribution in [-0.2, 0) is 4.74 Å². The number of hydrogen-bond acceptors (Lipinski definition) is 4. The molecule has 1 aromatic carbocycles. The predicted molar refractivity (Wildman–Crippen MR) is 79.7 cm³/mol. The van der Waals surface area contributed by atoms with Crippen molar-refractivity contribution in [3.05, 3.63) is 30.9 Å². The van der Waals surface area contributed by atoms with Gasteiger partial charge in [-0.25, -0.2) is 6.61 Å². The molecule has 2 saturated heterocycles. The Bertz CT molecular complexity index is 432. The SMILES string of the molecule is C[C@H]1[CH-]OC(Oc2ccc(N3CCN(C)CC3)cc2)C1.[Cs+]. The van der Waals surface area contributed by atoms with E-state index >= 15 is 0 Å². The van der Waals surface area contributed by atoms with Crippen molar-refractivity contribution >= 4 is 5.69 Å². The molecule has 0 saturated carbocycles. The molecule has 2 fully saturated rings. The fourth-order valence-corrected chi connectivity index (χ4v) is 2.66. The van der Waals surface area contributed by atoms with E-state index in [1.54, 1.807) is 0 Å². The van der Waals surface area contributed by atoms with Gasteiger partial charge < -0.3 is 19.3 Å². The van der Waals surface area contributed by atoms with E-state index in [9.17, 15) is 0 Å². The molecule has 5 heteroatoms. The summed E-state index contributed by atoms with van der Waals surface area (Å²) in [6.45, 7) is 8.44. The zero-order valence-electron chi connectivity index (χ0n) is 13.3. The van der Waals surface area contributed by atoms with Crippen molar-refractivity contribution in [1.29, 1.82) is 0 Å². The second kappa shape index (κ2) is 8.59. The zero-order chi connectivity index (χ0) is 13.9. The van der Waals surface area contributed by atoms with Crippen LogP contribution in [0.15, 0.2) is 24.3 Å². The average molecular weight is 408 g/mol. The summed E-state index contributed by atoms with van der Waals surface area (Å²) in [4.78, 5) is 4.79. The Kier molecular flexibility index (Phi) is 7.42. The van der Waals surface area contributed by atoms with E-state index in [1.807, 2.05) is 18.7 Å². The van der Waals surface area contributed by atoms with Gasteiger partial charge in [-0.15, -0.1) is 5.92 Å². The van der Waals surface area contributed by atoms with E-state index in [4.69, 9.17) is 9.47 Å². The summed E-state index contributed by atoms with van der Waals surface area (Å²) in [6.07, 6.45) is 0.805. The first kappa shape index (κ1) is 18.1. The number of piperazine rings is 1. The van der Waals surface area contributed by atoms with Gasteiger partial charge in [0.15, 0.2) is 6.29 Å². The number of rotatable bonds is 3. The molecule has 0 aromatic heterocycles. The summed E-state index contributed by atoms with van der Waals surface area (Å²) in [5.74, 6) is 1.36. The number of anilines is 1. The van der Waals surface area contributed by atoms with E-state index in [1.165, 1.54) is 5.69 Å². The molecule has 2 heterocycles. The largest absolute Gasteiger partial charge is 1.00 e. The van der Waals surface area contributed by atoms with Crippen LogP contribution in [0.4, 0.5) is 5.69 Å². The Morgan fingerprint density at radius 3 is 2.38 bits per heavy atom. The molecule has 2 atom stereocenters. The quantitative estimate of drug-likeness (QED) is 0.622. The van der Waals surface area contributed by atoms with Crippen LogP contribution in [0, 0.1) is 12.5 Å². The van der Waals surface area contributed by atoms with Crippen LogP contribution in [0.2, 0.25) is 0 Å². The standard InChI is InChI=1S/C16H23N2O2.Cs/c1-13-11-16(19-12-13)20-15-5-3-14(4-6-15)18-9-7-17(2)8-10-18;/h3-6,12-13,16H,7-11H2,1-2H3;/q-1;+1/t13-,16?;/m1./s1. The van der Waals surface area contributed by atoms with Crippen molar-refractivity contribution in [2.75, 3.05) is 38.1 Å². The molecule has 2 aliphatic heterocycles. The van der Waals surface area contributed by atoms with Crippen molar-refractivity contribution in [2.45, 2.75) is 19.6 Å². The Morgan fingerprint density at radius 2 is 1.81 bits per heavy atom. The van der Waals surface area contributed by atoms with Crippen LogP contribution in [-0.4, -0.2) is 44.4 Å². The molecule has 4 nitrogen and oxygen atoms in total. The van der Waals surface area contributed by atoms with Crippen LogP contribution >= 0.6 is 0 Å². The van der Waals surface area contributed by atoms with Crippen LogP contribution in [0.5, 0.6) is 5.75 Å². The Hall–Kier alpha value is 0.792. The monoisotopic (exact) mass is 408 g/mol. The smallest absolute Gasteiger partial charge is 0.520 e. The number of ether oxygens (including phenoxy) is 2. The van der Waals surface area contributed by atoms with Gasteiger partial charge in [0.05, 0.1) is 0 Å². The average Bonchev–Trinajstić information content (AvgIpc) is 2.86. The summed E-state index contributed by atoms with van der Waals surface area (Å²) >= 11 is 0. The predicted octanol–water partition coefficient (Wildman–Crippen LogP) is -0.635. The van der Waals surface area contributed by atoms with Crippen molar-refractivity contribution in [1.82, 2.24) is 4.90 Å². The van der Waals surface area contributed by atoms with E-state index < -0.39 is 0 Å². The molecular formula is C16H23CsN2O2.